The molecule has 0 amide bonds. The Kier molecular flexibility index (Phi) is 25.3. The Hall–Kier alpha value is -8.39. The van der Waals surface area contributed by atoms with Gasteiger partial charge in [0.25, 0.3) is 0 Å². The molecule has 2 saturated carbocycles. The van der Waals surface area contributed by atoms with Crippen molar-refractivity contribution >= 4 is 0 Å². The number of aromatic nitrogens is 3. The minimum absolute atomic E-state index is 0.0182. The van der Waals surface area contributed by atoms with Crippen LogP contribution in [0.1, 0.15) is 170 Å². The molecular weight excluding hydrogens is 1440 g/mol. The van der Waals surface area contributed by atoms with Crippen molar-refractivity contribution in [2.75, 3.05) is 39.6 Å². The average molecular weight is 1520 g/mol. The lowest BCUT2D eigenvalue weighted by molar-refractivity contribution is -0.579. The van der Waals surface area contributed by atoms with Crippen molar-refractivity contribution in [3.05, 3.63) is 251 Å². The van der Waals surface area contributed by atoms with Gasteiger partial charge in [-0.25, -0.2) is 21.0 Å². The van der Waals surface area contributed by atoms with Crippen LogP contribution < -0.4 is 16.7 Å². The summed E-state index contributed by atoms with van der Waals surface area (Å²) in [6.45, 7) is 11.1. The summed E-state index contributed by atoms with van der Waals surface area (Å²) in [6, 6.07) is 31.5. The van der Waals surface area contributed by atoms with Gasteiger partial charge in [-0.1, -0.05) is 91.0 Å². The SMILES string of the molecule is C[C@@H](OCC1(c2ccccc2)CCC(CO)([N+](=O)[O-])CC1)c1cc(C(F)(F)F)cc(C(F)(F)F)c1.C[C@@H](OCC1(c2ccccc2)CCC(N)(CO)CC1)c1cc(C(F)(F)F)cc(C(F)(F)F)c1.[C-]#[N+][C@@]1(n2cn[nH]c2=O)CC[C@@](CO[C@H](C)c2cc(C(F)(F)F)cc(C(F)(F)F)c2)(c2ccccc2)NC1. The largest absolute Gasteiger partial charge is 0.416 e. The molecule has 2 aliphatic carbocycles. The Morgan fingerprint density at radius 1 is 0.509 bits per heavy atom. The van der Waals surface area contributed by atoms with Gasteiger partial charge in [-0.3, -0.25) is 20.3 Å². The quantitative estimate of drug-likeness (QED) is 0.0223. The van der Waals surface area contributed by atoms with Crippen molar-refractivity contribution in [3.63, 3.8) is 0 Å². The number of piperidine rings is 1. The van der Waals surface area contributed by atoms with E-state index in [4.69, 9.17) is 26.5 Å². The molecule has 1 aliphatic heterocycles. The number of nitrogens with two attached hydrogens (primary N) is 1. The van der Waals surface area contributed by atoms with Crippen LogP contribution in [0.4, 0.5) is 79.0 Å². The number of nitrogens with zero attached hydrogens (tertiary/aromatic N) is 4. The number of H-pyrrole nitrogens is 1. The zero-order valence-electron chi connectivity index (χ0n) is 57.0. The predicted octanol–water partition coefficient (Wildman–Crippen LogP) is 17.6. The average Bonchev–Trinajstić information content (AvgIpc) is 0.825. The molecule has 7 aromatic rings. The smallest absolute Gasteiger partial charge is 0.394 e. The zero-order chi connectivity index (χ0) is 78.3. The number of rotatable bonds is 19. The Morgan fingerprint density at radius 2 is 0.840 bits per heavy atom. The van der Waals surface area contributed by atoms with E-state index in [2.05, 4.69) is 20.4 Å². The molecule has 6 aromatic carbocycles. The lowest BCUT2D eigenvalue weighted by atomic mass is 9.65. The van der Waals surface area contributed by atoms with Crippen LogP contribution in [0.25, 0.3) is 4.85 Å². The van der Waals surface area contributed by atoms with Gasteiger partial charge in [0.05, 0.1) is 96.6 Å². The first kappa shape index (κ1) is 83.3. The lowest BCUT2D eigenvalue weighted by Crippen LogP contribution is -2.59. The van der Waals surface area contributed by atoms with Crippen LogP contribution in [-0.4, -0.2) is 80.6 Å². The van der Waals surface area contributed by atoms with Crippen LogP contribution in [0.5, 0.6) is 0 Å². The Labute approximate surface area is 596 Å². The summed E-state index contributed by atoms with van der Waals surface area (Å²) in [7, 11) is 0. The van der Waals surface area contributed by atoms with Crippen LogP contribution in [0, 0.1) is 16.7 Å². The van der Waals surface area contributed by atoms with E-state index >= 15 is 0 Å². The second kappa shape index (κ2) is 32.2. The standard InChI is InChI=1S/C25H23F6N5O2.C24H25F6NO4.C24H27F6NO2/c1-16(17-10-19(24(26,27)28)12-20(11-17)25(29,30)31)38-14-22(18-6-4-3-5-7-18)8-9-23(32-2,13-33-22)36-15-34-35-21(36)37;1-16(17-11-19(23(25,26)27)13-20(12-17)24(28,29)30)35-15-21(18-5-3-2-4-6-18)7-9-22(14-32,10-8-21)31(33)34;1-16(17-11-19(23(25,26)27)13-20(12-17)24(28,29)30)33-15-21(18-5-3-2-4-6-18)7-9-22(31,14-32)10-8-21/h3-7,10-12,15-16,33H,8-9,13-14H2,1H3,(H,35,37);2-6,11-13,16,32H,7-10,14-15H2,1H3;2-6,11-13,16,32H,7-10,14-15,31H2,1H3/t16-,22-,23-;2*16-,21?,22?/m111/s1. The number of alkyl halides is 18. The van der Waals surface area contributed by atoms with E-state index in [-0.39, 0.29) is 106 Å². The second-order valence-corrected chi connectivity index (χ2v) is 27.3. The maximum Gasteiger partial charge on any atom is 0.416 e. The Bertz CT molecular complexity index is 4080. The number of ether oxygens (including phenoxy) is 3. The maximum atomic E-state index is 13.3. The first-order chi connectivity index (χ1) is 49.3. The highest BCUT2D eigenvalue weighted by Gasteiger charge is 2.53. The van der Waals surface area contributed by atoms with E-state index in [1.54, 1.807) is 48.5 Å². The molecule has 0 unspecified atom stereocenters. The molecule has 2 heterocycles. The van der Waals surface area contributed by atoms with Crippen molar-refractivity contribution in [2.24, 2.45) is 5.73 Å². The number of hydrogen-bond donors (Lipinski definition) is 5. The highest BCUT2D eigenvalue weighted by Crippen LogP contribution is 2.49. The minimum Gasteiger partial charge on any atom is -0.394 e. The normalized spacial score (nSPS) is 24.1. The summed E-state index contributed by atoms with van der Waals surface area (Å²) in [6.07, 6.45) is -28.5. The highest BCUT2D eigenvalue weighted by atomic mass is 19.4. The van der Waals surface area contributed by atoms with E-state index in [1.165, 1.54) is 31.7 Å². The van der Waals surface area contributed by atoms with Crippen LogP contribution in [0.15, 0.2) is 157 Å². The molecular formula is C73H75F18N7O8. The first-order valence-electron chi connectivity index (χ1n) is 33.1. The van der Waals surface area contributed by atoms with Crippen LogP contribution >= 0.6 is 0 Å². The maximum absolute atomic E-state index is 13.3. The fourth-order valence-electron chi connectivity index (χ4n) is 13.4. The van der Waals surface area contributed by atoms with Crippen molar-refractivity contribution in [1.82, 2.24) is 20.1 Å². The Balaban J connectivity index is 0.000000201. The van der Waals surface area contributed by atoms with E-state index in [0.29, 0.717) is 62.1 Å². The van der Waals surface area contributed by atoms with Crippen LogP contribution in [-0.2, 0) is 73.3 Å². The monoisotopic (exact) mass is 1520 g/mol. The van der Waals surface area contributed by atoms with Gasteiger partial charge in [0.15, 0.2) is 0 Å². The van der Waals surface area contributed by atoms with E-state index < -0.39 is 139 Å². The minimum atomic E-state index is -4.97. The molecule has 15 nitrogen and oxygen atoms in total. The number of halogens is 18. The molecule has 5 atom stereocenters. The summed E-state index contributed by atoms with van der Waals surface area (Å²) in [5.74, 6) is 0. The molecule has 1 aromatic heterocycles. The topological polar surface area (TPSA) is 204 Å². The zero-order valence-corrected chi connectivity index (χ0v) is 57.0. The van der Waals surface area contributed by atoms with Crippen LogP contribution in [0.3, 0.4) is 0 Å². The summed E-state index contributed by atoms with van der Waals surface area (Å²) < 4.78 is 258. The molecule has 6 N–H and O–H groups in total. The van der Waals surface area contributed by atoms with Gasteiger partial charge in [0.1, 0.15) is 12.9 Å². The highest BCUT2D eigenvalue weighted by molar-refractivity contribution is 5.38. The fraction of sp³-hybridized carbons (Fsp3) is 0.466. The van der Waals surface area contributed by atoms with Gasteiger partial charge in [-0.15, -0.1) is 0 Å². The third-order valence-electron chi connectivity index (χ3n) is 20.3. The molecule has 10 rings (SSSR count). The third kappa shape index (κ3) is 19.7. The van der Waals surface area contributed by atoms with Gasteiger partial charge in [-0.05, 0) is 154 Å². The number of aliphatic hydroxyl groups is 2. The molecule has 0 radical (unpaired) electrons. The summed E-state index contributed by atoms with van der Waals surface area (Å²) in [5.41, 5.74) is -6.66. The number of benzene rings is 6. The number of nitro groups is 1. The van der Waals surface area contributed by atoms with Gasteiger partial charge < -0.3 is 30.2 Å². The molecule has 3 fully saturated rings. The van der Waals surface area contributed by atoms with E-state index in [0.717, 1.165) is 16.7 Å². The van der Waals surface area contributed by atoms with Crippen molar-refractivity contribution in [3.8, 4) is 0 Å². The molecule has 1 saturated heterocycles. The number of hydrogen-bond acceptors (Lipinski definition) is 11. The van der Waals surface area contributed by atoms with E-state index in [1.807, 2.05) is 42.5 Å². The van der Waals surface area contributed by atoms with Crippen LogP contribution in [0.2, 0.25) is 0 Å². The van der Waals surface area contributed by atoms with Gasteiger partial charge >= 0.3 is 48.4 Å². The molecule has 106 heavy (non-hydrogen) atoms. The molecule has 0 bridgehead atoms. The summed E-state index contributed by atoms with van der Waals surface area (Å²) in [4.78, 5) is 26.9. The van der Waals surface area contributed by atoms with Gasteiger partial charge in [0.2, 0.25) is 5.54 Å². The number of aliphatic hydroxyl groups excluding tert-OH is 2. The van der Waals surface area contributed by atoms with Crippen molar-refractivity contribution in [1.29, 1.82) is 0 Å². The third-order valence-corrected chi connectivity index (χ3v) is 20.3. The van der Waals surface area contributed by atoms with Crippen molar-refractivity contribution < 1.29 is 108 Å². The molecule has 0 spiro atoms. The summed E-state index contributed by atoms with van der Waals surface area (Å²) in [5, 5.41) is 40.1. The molecule has 576 valence electrons. The summed E-state index contributed by atoms with van der Waals surface area (Å²) >= 11 is 0. The van der Waals surface area contributed by atoms with Gasteiger partial charge in [-0.2, -0.15) is 84.1 Å². The first-order valence-corrected chi connectivity index (χ1v) is 33.1. The number of aromatic amines is 1. The number of nitrogens with one attached hydrogen (secondary N) is 2. The predicted molar refractivity (Wildman–Crippen MR) is 349 cm³/mol. The Morgan fingerprint density at radius 3 is 1.11 bits per heavy atom. The molecule has 33 heteroatoms. The molecule has 3 aliphatic rings. The lowest BCUT2D eigenvalue weighted by Gasteiger charge is -2.44. The van der Waals surface area contributed by atoms with E-state index in [9.17, 15) is 104 Å². The fourth-order valence-corrected chi connectivity index (χ4v) is 13.4. The van der Waals surface area contributed by atoms with Crippen molar-refractivity contribution in [2.45, 2.75) is 173 Å². The second-order valence-electron chi connectivity index (χ2n) is 27.3. The van der Waals surface area contributed by atoms with Gasteiger partial charge in [0, 0.05) is 34.1 Å².